The molecule has 6 N–H and O–H groups in total. The number of nitrogens with two attached hydrogens (primary N) is 2. The first-order valence-corrected chi connectivity index (χ1v) is 4.06. The third-order valence-corrected chi connectivity index (χ3v) is 1.56. The van der Waals surface area contributed by atoms with Crippen LogP contribution in [0.5, 0.6) is 0 Å². The highest BCUT2D eigenvalue weighted by Crippen LogP contribution is 2.00. The molecule has 0 heterocycles. The zero-order valence-corrected chi connectivity index (χ0v) is 7.32. The molecule has 0 saturated carbocycles. The fraction of sp³-hybridized carbons (Fsp3) is 0.714. The lowest BCUT2D eigenvalue weighted by Gasteiger charge is -2.11. The number of hydrogen-bond donors (Lipinski definition) is 4. The Kier molecular flexibility index (Phi) is 5.62. The molecule has 1 atom stereocenters. The minimum absolute atomic E-state index is 0.357. The van der Waals surface area contributed by atoms with Crippen LogP contribution in [0.15, 0.2) is 0 Å². The molecule has 0 radical (unpaired) electrons. The lowest BCUT2D eigenvalue weighted by Crippen LogP contribution is -2.43. The van der Waals surface area contributed by atoms with Crippen LogP contribution in [0.25, 0.3) is 0 Å². The zero-order valence-electron chi connectivity index (χ0n) is 7.32. The van der Waals surface area contributed by atoms with Crippen molar-refractivity contribution in [3.63, 3.8) is 0 Å². The van der Waals surface area contributed by atoms with Gasteiger partial charge < -0.3 is 21.9 Å². The molecule has 0 bridgehead atoms. The van der Waals surface area contributed by atoms with Gasteiger partial charge in [0.1, 0.15) is 6.04 Å². The van der Waals surface area contributed by atoms with Crippen LogP contribution >= 0.6 is 0 Å². The van der Waals surface area contributed by atoms with Gasteiger partial charge in [0.05, 0.1) is 0 Å². The Labute approximate surface area is 76.3 Å². The van der Waals surface area contributed by atoms with Gasteiger partial charge in [-0.05, 0) is 25.8 Å². The Morgan fingerprint density at radius 3 is 2.38 bits per heavy atom. The molecule has 76 valence electrons. The molecular weight excluding hydrogens is 174 g/mol. The number of aliphatic carboxylic acids is 1. The van der Waals surface area contributed by atoms with Crippen LogP contribution in [0.4, 0.5) is 4.79 Å². The summed E-state index contributed by atoms with van der Waals surface area (Å²) in [5.41, 5.74) is 10.0. The summed E-state index contributed by atoms with van der Waals surface area (Å²) in [6.07, 6.45) is 1.76. The summed E-state index contributed by atoms with van der Waals surface area (Å²) in [6.45, 7) is 0.517. The quantitative estimate of drug-likeness (QED) is 0.410. The molecular formula is C7H15N3O3. The van der Waals surface area contributed by atoms with E-state index in [1.807, 2.05) is 0 Å². The highest BCUT2D eigenvalue weighted by atomic mass is 16.4. The van der Waals surface area contributed by atoms with Crippen LogP contribution < -0.4 is 16.8 Å². The second-order valence-electron chi connectivity index (χ2n) is 2.68. The molecule has 0 unspecified atom stereocenters. The smallest absolute Gasteiger partial charge is 0.326 e. The molecule has 2 amide bonds. The molecule has 0 rings (SSSR count). The number of hydrogen-bond acceptors (Lipinski definition) is 3. The third kappa shape index (κ3) is 5.92. The van der Waals surface area contributed by atoms with Crippen molar-refractivity contribution in [3.05, 3.63) is 0 Å². The van der Waals surface area contributed by atoms with Gasteiger partial charge in [0, 0.05) is 0 Å². The maximum absolute atomic E-state index is 10.5. The largest absolute Gasteiger partial charge is 0.480 e. The van der Waals surface area contributed by atoms with Crippen LogP contribution in [0.3, 0.4) is 0 Å². The van der Waals surface area contributed by atoms with Crippen molar-refractivity contribution >= 4 is 12.0 Å². The highest BCUT2D eigenvalue weighted by Gasteiger charge is 2.17. The van der Waals surface area contributed by atoms with Crippen LogP contribution in [0, 0.1) is 0 Å². The van der Waals surface area contributed by atoms with Gasteiger partial charge in [-0.3, -0.25) is 0 Å². The van der Waals surface area contributed by atoms with E-state index in [0.29, 0.717) is 19.4 Å². The SMILES string of the molecule is NCCCC[C@@H](NC(N)=O)C(=O)O. The summed E-state index contributed by atoms with van der Waals surface area (Å²) in [5, 5.41) is 10.8. The normalized spacial score (nSPS) is 12.1. The molecule has 0 spiro atoms. The first kappa shape index (κ1) is 11.7. The number of carboxylic acid groups (broad SMARTS) is 1. The van der Waals surface area contributed by atoms with Crippen molar-refractivity contribution in [2.24, 2.45) is 11.5 Å². The van der Waals surface area contributed by atoms with Crippen molar-refractivity contribution in [1.82, 2.24) is 5.32 Å². The van der Waals surface area contributed by atoms with Crippen molar-refractivity contribution < 1.29 is 14.7 Å². The Balaban J connectivity index is 3.81. The van der Waals surface area contributed by atoms with Crippen LogP contribution in [0.2, 0.25) is 0 Å². The van der Waals surface area contributed by atoms with Crippen molar-refractivity contribution in [2.75, 3.05) is 6.54 Å². The van der Waals surface area contributed by atoms with E-state index in [4.69, 9.17) is 16.6 Å². The standard InChI is InChI=1S/C7H15N3O3/c8-4-2-1-3-5(6(11)12)10-7(9)13/h5H,1-4,8H2,(H,11,12)(H3,9,10,13)/t5-/m1/s1. The van der Waals surface area contributed by atoms with Crippen LogP contribution in [-0.4, -0.2) is 29.7 Å². The topological polar surface area (TPSA) is 118 Å². The lowest BCUT2D eigenvalue weighted by molar-refractivity contribution is -0.139. The number of nitrogens with one attached hydrogen (secondary N) is 1. The highest BCUT2D eigenvalue weighted by molar-refractivity contribution is 5.81. The van der Waals surface area contributed by atoms with E-state index in [1.54, 1.807) is 0 Å². The molecule has 0 fully saturated rings. The summed E-state index contributed by atoms with van der Waals surface area (Å²) >= 11 is 0. The molecule has 0 saturated heterocycles. The lowest BCUT2D eigenvalue weighted by atomic mass is 10.1. The number of amides is 2. The van der Waals surface area contributed by atoms with E-state index in [0.717, 1.165) is 6.42 Å². The Morgan fingerprint density at radius 1 is 1.38 bits per heavy atom. The summed E-state index contributed by atoms with van der Waals surface area (Å²) in [7, 11) is 0. The number of primary amides is 1. The Morgan fingerprint density at radius 2 is 2.00 bits per heavy atom. The van der Waals surface area contributed by atoms with E-state index in [1.165, 1.54) is 0 Å². The monoisotopic (exact) mass is 189 g/mol. The predicted molar refractivity (Wildman–Crippen MR) is 47.0 cm³/mol. The Hall–Kier alpha value is -1.30. The molecule has 0 aromatic carbocycles. The van der Waals surface area contributed by atoms with Gasteiger partial charge in [0.15, 0.2) is 0 Å². The third-order valence-electron chi connectivity index (χ3n) is 1.56. The second-order valence-corrected chi connectivity index (χ2v) is 2.68. The number of carbonyl (C=O) groups excluding carboxylic acids is 1. The van der Waals surface area contributed by atoms with Gasteiger partial charge in [-0.2, -0.15) is 0 Å². The molecule has 0 aliphatic heterocycles. The molecule has 13 heavy (non-hydrogen) atoms. The molecule has 0 aromatic rings. The van der Waals surface area contributed by atoms with E-state index >= 15 is 0 Å². The number of carboxylic acids is 1. The average molecular weight is 189 g/mol. The number of carbonyl (C=O) groups is 2. The average Bonchev–Trinajstić information content (AvgIpc) is 2.02. The summed E-state index contributed by atoms with van der Waals surface area (Å²) in [6, 6.07) is -1.72. The van der Waals surface area contributed by atoms with Crippen LogP contribution in [-0.2, 0) is 4.79 Å². The maximum Gasteiger partial charge on any atom is 0.326 e. The van der Waals surface area contributed by atoms with Crippen LogP contribution in [0.1, 0.15) is 19.3 Å². The van der Waals surface area contributed by atoms with E-state index in [-0.39, 0.29) is 0 Å². The molecule has 6 heteroatoms. The van der Waals surface area contributed by atoms with Gasteiger partial charge >= 0.3 is 12.0 Å². The first-order chi connectivity index (χ1) is 6.07. The molecule has 0 aliphatic rings. The van der Waals surface area contributed by atoms with Gasteiger partial charge in [-0.25, -0.2) is 9.59 Å². The van der Waals surface area contributed by atoms with Gasteiger partial charge in [-0.1, -0.05) is 0 Å². The fourth-order valence-electron chi connectivity index (χ4n) is 0.922. The summed E-state index contributed by atoms with van der Waals surface area (Å²) in [5.74, 6) is -1.07. The maximum atomic E-state index is 10.5. The summed E-state index contributed by atoms with van der Waals surface area (Å²) in [4.78, 5) is 20.9. The number of urea groups is 1. The minimum Gasteiger partial charge on any atom is -0.480 e. The minimum atomic E-state index is -1.07. The van der Waals surface area contributed by atoms with Gasteiger partial charge in [0.2, 0.25) is 0 Å². The predicted octanol–water partition coefficient (Wildman–Crippen LogP) is -0.763. The van der Waals surface area contributed by atoms with Crippen molar-refractivity contribution in [1.29, 1.82) is 0 Å². The van der Waals surface area contributed by atoms with E-state index < -0.39 is 18.0 Å². The van der Waals surface area contributed by atoms with Gasteiger partial charge in [-0.15, -0.1) is 0 Å². The molecule has 0 aliphatic carbocycles. The molecule has 0 aromatic heterocycles. The second kappa shape index (κ2) is 6.24. The van der Waals surface area contributed by atoms with Crippen molar-refractivity contribution in [2.45, 2.75) is 25.3 Å². The number of unbranched alkanes of at least 4 members (excludes halogenated alkanes) is 1. The summed E-state index contributed by atoms with van der Waals surface area (Å²) < 4.78 is 0. The first-order valence-electron chi connectivity index (χ1n) is 4.06. The van der Waals surface area contributed by atoms with E-state index in [2.05, 4.69) is 5.32 Å². The van der Waals surface area contributed by atoms with Gasteiger partial charge in [0.25, 0.3) is 0 Å². The number of rotatable bonds is 6. The zero-order chi connectivity index (χ0) is 10.3. The molecule has 6 nitrogen and oxygen atoms in total. The Bertz CT molecular complexity index is 184. The van der Waals surface area contributed by atoms with Crippen molar-refractivity contribution in [3.8, 4) is 0 Å². The van der Waals surface area contributed by atoms with E-state index in [9.17, 15) is 9.59 Å². The fourth-order valence-corrected chi connectivity index (χ4v) is 0.922.